The van der Waals surface area contributed by atoms with Crippen molar-refractivity contribution in [2.45, 2.75) is 6.92 Å². The third-order valence-electron chi connectivity index (χ3n) is 3.61. The van der Waals surface area contributed by atoms with Gasteiger partial charge in [0.2, 0.25) is 0 Å². The Labute approximate surface area is 147 Å². The van der Waals surface area contributed by atoms with Gasteiger partial charge >= 0.3 is 0 Å². The number of anilines is 2. The van der Waals surface area contributed by atoms with Gasteiger partial charge in [0.05, 0.1) is 21.4 Å². The van der Waals surface area contributed by atoms with E-state index in [1.807, 2.05) is 6.92 Å². The average molecular weight is 368 g/mol. The molecule has 24 heavy (non-hydrogen) atoms. The van der Waals surface area contributed by atoms with Crippen molar-refractivity contribution in [3.05, 3.63) is 63.8 Å². The SMILES string of the molecule is Cc1nn(C)c(Nc2ccc(F)cc2Cl)c1-c1ccc(F)cc1Cl. The molecule has 3 aromatic rings. The second kappa shape index (κ2) is 6.42. The molecular weight excluding hydrogens is 355 g/mol. The summed E-state index contributed by atoms with van der Waals surface area (Å²) in [6.07, 6.45) is 0. The molecule has 0 amide bonds. The van der Waals surface area contributed by atoms with E-state index in [-0.39, 0.29) is 10.0 Å². The van der Waals surface area contributed by atoms with Crippen LogP contribution < -0.4 is 5.32 Å². The highest BCUT2D eigenvalue weighted by atomic mass is 35.5. The van der Waals surface area contributed by atoms with Gasteiger partial charge in [-0.15, -0.1) is 0 Å². The third kappa shape index (κ3) is 3.09. The van der Waals surface area contributed by atoms with Gasteiger partial charge in [-0.25, -0.2) is 8.78 Å². The Morgan fingerprint density at radius 2 is 1.62 bits per heavy atom. The first kappa shape index (κ1) is 16.7. The predicted molar refractivity (Wildman–Crippen MR) is 93.0 cm³/mol. The lowest BCUT2D eigenvalue weighted by Crippen LogP contribution is -2.01. The van der Waals surface area contributed by atoms with Crippen molar-refractivity contribution in [1.82, 2.24) is 9.78 Å². The van der Waals surface area contributed by atoms with Crippen LogP contribution in [0.15, 0.2) is 36.4 Å². The number of aryl methyl sites for hydroxylation is 2. The van der Waals surface area contributed by atoms with Gasteiger partial charge in [-0.05, 0) is 43.3 Å². The fourth-order valence-electron chi connectivity index (χ4n) is 2.53. The molecule has 2 aromatic carbocycles. The van der Waals surface area contributed by atoms with Crippen molar-refractivity contribution in [2.24, 2.45) is 7.05 Å². The molecule has 0 aliphatic heterocycles. The number of halogens is 4. The molecular formula is C17H13Cl2F2N3. The van der Waals surface area contributed by atoms with Crippen LogP contribution >= 0.6 is 23.2 Å². The van der Waals surface area contributed by atoms with Gasteiger partial charge in [0.1, 0.15) is 17.5 Å². The lowest BCUT2D eigenvalue weighted by Gasteiger charge is -2.12. The number of hydrogen-bond donors (Lipinski definition) is 1. The number of nitrogens with zero attached hydrogens (tertiary/aromatic N) is 2. The Morgan fingerprint density at radius 1 is 1.00 bits per heavy atom. The predicted octanol–water partition coefficient (Wildman–Crippen LogP) is 5.72. The molecule has 0 radical (unpaired) electrons. The molecule has 1 aromatic heterocycles. The van der Waals surface area contributed by atoms with Gasteiger partial charge in [-0.1, -0.05) is 23.2 Å². The Balaban J connectivity index is 2.12. The third-order valence-corrected chi connectivity index (χ3v) is 4.23. The number of aromatic nitrogens is 2. The first-order valence-corrected chi connectivity index (χ1v) is 7.83. The molecule has 0 fully saturated rings. The van der Waals surface area contributed by atoms with Crippen molar-refractivity contribution in [3.8, 4) is 11.1 Å². The minimum atomic E-state index is -0.423. The fourth-order valence-corrected chi connectivity index (χ4v) is 3.01. The molecule has 1 N–H and O–H groups in total. The fraction of sp³-hybridized carbons (Fsp3) is 0.118. The van der Waals surface area contributed by atoms with Gasteiger partial charge in [-0.3, -0.25) is 4.68 Å². The Kier molecular flexibility index (Phi) is 4.47. The van der Waals surface area contributed by atoms with Crippen LogP contribution in [0.5, 0.6) is 0 Å². The molecule has 3 rings (SSSR count). The maximum atomic E-state index is 13.3. The Morgan fingerprint density at radius 3 is 2.25 bits per heavy atom. The van der Waals surface area contributed by atoms with Crippen LogP contribution in [0.1, 0.15) is 5.69 Å². The maximum absolute atomic E-state index is 13.3. The summed E-state index contributed by atoms with van der Waals surface area (Å²) in [7, 11) is 1.76. The number of nitrogens with one attached hydrogen (secondary N) is 1. The number of hydrogen-bond acceptors (Lipinski definition) is 2. The van der Waals surface area contributed by atoms with E-state index in [9.17, 15) is 8.78 Å². The van der Waals surface area contributed by atoms with Crippen molar-refractivity contribution in [1.29, 1.82) is 0 Å². The monoisotopic (exact) mass is 367 g/mol. The lowest BCUT2D eigenvalue weighted by molar-refractivity contribution is 0.627. The van der Waals surface area contributed by atoms with E-state index in [0.29, 0.717) is 22.8 Å². The summed E-state index contributed by atoms with van der Waals surface area (Å²) in [5.74, 6) is -0.218. The second-order valence-corrected chi connectivity index (χ2v) is 6.12. The van der Waals surface area contributed by atoms with Gasteiger partial charge < -0.3 is 5.32 Å². The molecule has 0 saturated carbocycles. The number of rotatable bonds is 3. The van der Waals surface area contributed by atoms with Crippen LogP contribution in [0, 0.1) is 18.6 Å². The molecule has 0 aliphatic rings. The Bertz CT molecular complexity index is 922. The van der Waals surface area contributed by atoms with Crippen LogP contribution in [-0.2, 0) is 7.05 Å². The quantitative estimate of drug-likeness (QED) is 0.640. The van der Waals surface area contributed by atoms with E-state index in [4.69, 9.17) is 23.2 Å². The minimum absolute atomic E-state index is 0.241. The maximum Gasteiger partial charge on any atom is 0.136 e. The van der Waals surface area contributed by atoms with E-state index in [2.05, 4.69) is 10.4 Å². The summed E-state index contributed by atoms with van der Waals surface area (Å²) >= 11 is 12.3. The topological polar surface area (TPSA) is 29.9 Å². The van der Waals surface area contributed by atoms with Crippen molar-refractivity contribution in [3.63, 3.8) is 0 Å². The molecule has 0 unspecified atom stereocenters. The van der Waals surface area contributed by atoms with Gasteiger partial charge in [0.25, 0.3) is 0 Å². The van der Waals surface area contributed by atoms with Crippen LogP contribution in [0.25, 0.3) is 11.1 Å². The summed E-state index contributed by atoms with van der Waals surface area (Å²) in [4.78, 5) is 0. The molecule has 0 spiro atoms. The zero-order valence-corrected chi connectivity index (χ0v) is 14.4. The first-order valence-electron chi connectivity index (χ1n) is 7.08. The lowest BCUT2D eigenvalue weighted by atomic mass is 10.1. The van der Waals surface area contributed by atoms with E-state index < -0.39 is 11.6 Å². The zero-order chi connectivity index (χ0) is 17.4. The molecule has 124 valence electrons. The van der Waals surface area contributed by atoms with Crippen LogP contribution in [0.4, 0.5) is 20.3 Å². The molecule has 7 heteroatoms. The highest BCUT2D eigenvalue weighted by Crippen LogP contribution is 2.38. The van der Waals surface area contributed by atoms with Gasteiger partial charge in [-0.2, -0.15) is 5.10 Å². The molecule has 3 nitrogen and oxygen atoms in total. The minimum Gasteiger partial charge on any atom is -0.339 e. The largest absolute Gasteiger partial charge is 0.339 e. The van der Waals surface area contributed by atoms with Crippen molar-refractivity contribution in [2.75, 3.05) is 5.32 Å². The number of benzene rings is 2. The first-order chi connectivity index (χ1) is 11.4. The summed E-state index contributed by atoms with van der Waals surface area (Å²) in [5.41, 5.74) is 2.61. The Hall–Kier alpha value is -2.11. The molecule has 1 heterocycles. The second-order valence-electron chi connectivity index (χ2n) is 5.31. The normalized spacial score (nSPS) is 10.9. The van der Waals surface area contributed by atoms with Crippen molar-refractivity contribution >= 4 is 34.7 Å². The molecule has 0 bridgehead atoms. The highest BCUT2D eigenvalue weighted by Gasteiger charge is 2.19. The smallest absolute Gasteiger partial charge is 0.136 e. The van der Waals surface area contributed by atoms with Crippen LogP contribution in [-0.4, -0.2) is 9.78 Å². The van der Waals surface area contributed by atoms with E-state index in [1.54, 1.807) is 17.8 Å². The highest BCUT2D eigenvalue weighted by molar-refractivity contribution is 6.34. The summed E-state index contributed by atoms with van der Waals surface area (Å²) in [6.45, 7) is 1.83. The van der Waals surface area contributed by atoms with E-state index >= 15 is 0 Å². The van der Waals surface area contributed by atoms with E-state index in [0.717, 1.165) is 5.56 Å². The average Bonchev–Trinajstić information content (AvgIpc) is 2.76. The van der Waals surface area contributed by atoms with Crippen LogP contribution in [0.3, 0.4) is 0 Å². The van der Waals surface area contributed by atoms with Gasteiger partial charge in [0, 0.05) is 18.2 Å². The van der Waals surface area contributed by atoms with Crippen molar-refractivity contribution < 1.29 is 8.78 Å². The van der Waals surface area contributed by atoms with E-state index in [1.165, 1.54) is 30.3 Å². The standard InChI is InChI=1S/C17H13Cl2F2N3/c1-9-16(12-5-3-10(20)7-13(12)18)17(24(2)23-9)22-15-6-4-11(21)8-14(15)19/h3-8,22H,1-2H3. The summed E-state index contributed by atoms with van der Waals surface area (Å²) in [5, 5.41) is 8.04. The molecule has 0 atom stereocenters. The summed E-state index contributed by atoms with van der Waals surface area (Å²) in [6, 6.07) is 8.25. The zero-order valence-electron chi connectivity index (χ0n) is 12.9. The summed E-state index contributed by atoms with van der Waals surface area (Å²) < 4.78 is 28.2. The van der Waals surface area contributed by atoms with Crippen LogP contribution in [0.2, 0.25) is 10.0 Å². The van der Waals surface area contributed by atoms with Gasteiger partial charge in [0.15, 0.2) is 0 Å². The molecule has 0 aliphatic carbocycles. The molecule has 0 saturated heterocycles.